The van der Waals surface area contributed by atoms with Crippen LogP contribution in [0.4, 0.5) is 4.39 Å². The summed E-state index contributed by atoms with van der Waals surface area (Å²) in [7, 11) is -3.52. The SMILES string of the molecule is O=S(=O)(c1ccccc1)N(Cc1ccc(F)cc1)CC1CC1. The maximum absolute atomic E-state index is 13.0. The molecule has 3 rings (SSSR count). The van der Waals surface area contributed by atoms with Crippen LogP contribution < -0.4 is 0 Å². The highest BCUT2D eigenvalue weighted by atomic mass is 32.2. The Labute approximate surface area is 130 Å². The van der Waals surface area contributed by atoms with Crippen molar-refractivity contribution in [1.29, 1.82) is 0 Å². The Kier molecular flexibility index (Phi) is 4.27. The van der Waals surface area contributed by atoms with Gasteiger partial charge in [0.05, 0.1) is 4.90 Å². The fraction of sp³-hybridized carbons (Fsp3) is 0.294. The van der Waals surface area contributed by atoms with E-state index < -0.39 is 10.0 Å². The lowest BCUT2D eigenvalue weighted by atomic mass is 10.2. The number of nitrogens with zero attached hydrogens (tertiary/aromatic N) is 1. The molecule has 0 radical (unpaired) electrons. The Hall–Kier alpha value is -1.72. The van der Waals surface area contributed by atoms with Gasteiger partial charge in [-0.15, -0.1) is 0 Å². The second-order valence-electron chi connectivity index (χ2n) is 5.68. The highest BCUT2D eigenvalue weighted by Gasteiger charge is 2.31. The van der Waals surface area contributed by atoms with Crippen molar-refractivity contribution >= 4 is 10.0 Å². The van der Waals surface area contributed by atoms with Crippen molar-refractivity contribution in [3.63, 3.8) is 0 Å². The van der Waals surface area contributed by atoms with E-state index in [0.717, 1.165) is 18.4 Å². The monoisotopic (exact) mass is 319 g/mol. The van der Waals surface area contributed by atoms with Crippen LogP contribution in [0.3, 0.4) is 0 Å². The van der Waals surface area contributed by atoms with Crippen LogP contribution in [0.1, 0.15) is 18.4 Å². The van der Waals surface area contributed by atoms with Gasteiger partial charge in [-0.3, -0.25) is 0 Å². The van der Waals surface area contributed by atoms with Crippen molar-refractivity contribution in [2.75, 3.05) is 6.54 Å². The first kappa shape index (κ1) is 15.2. The van der Waals surface area contributed by atoms with Gasteiger partial charge in [0.25, 0.3) is 0 Å². The smallest absolute Gasteiger partial charge is 0.207 e. The van der Waals surface area contributed by atoms with Crippen LogP contribution >= 0.6 is 0 Å². The summed E-state index contributed by atoms with van der Waals surface area (Å²) in [6.07, 6.45) is 2.15. The van der Waals surface area contributed by atoms with Gasteiger partial charge in [-0.05, 0) is 48.6 Å². The fourth-order valence-corrected chi connectivity index (χ4v) is 3.90. The number of halogens is 1. The highest BCUT2D eigenvalue weighted by Crippen LogP contribution is 2.32. The summed E-state index contributed by atoms with van der Waals surface area (Å²) in [4.78, 5) is 0.303. The number of hydrogen-bond acceptors (Lipinski definition) is 2. The third-order valence-corrected chi connectivity index (χ3v) is 5.64. The van der Waals surface area contributed by atoms with Crippen LogP contribution in [0.5, 0.6) is 0 Å². The zero-order valence-corrected chi connectivity index (χ0v) is 13.0. The van der Waals surface area contributed by atoms with Crippen LogP contribution in [-0.4, -0.2) is 19.3 Å². The summed E-state index contributed by atoms with van der Waals surface area (Å²) < 4.78 is 40.2. The topological polar surface area (TPSA) is 37.4 Å². The Morgan fingerprint density at radius 1 is 1.00 bits per heavy atom. The lowest BCUT2D eigenvalue weighted by Crippen LogP contribution is -2.32. The van der Waals surface area contributed by atoms with Gasteiger partial charge in [0.15, 0.2) is 0 Å². The molecule has 1 fully saturated rings. The van der Waals surface area contributed by atoms with Crippen molar-refractivity contribution in [1.82, 2.24) is 4.31 Å². The third-order valence-electron chi connectivity index (χ3n) is 3.81. The van der Waals surface area contributed by atoms with Crippen molar-refractivity contribution in [2.24, 2.45) is 5.92 Å². The molecule has 0 N–H and O–H groups in total. The summed E-state index contributed by atoms with van der Waals surface area (Å²) in [5.41, 5.74) is 0.793. The molecule has 0 bridgehead atoms. The first-order valence-corrected chi connectivity index (χ1v) is 8.79. The predicted molar refractivity (Wildman–Crippen MR) is 83.2 cm³/mol. The molecule has 1 aliphatic carbocycles. The number of rotatable bonds is 6. The van der Waals surface area contributed by atoms with Gasteiger partial charge >= 0.3 is 0 Å². The molecule has 2 aromatic carbocycles. The van der Waals surface area contributed by atoms with Crippen LogP contribution in [0, 0.1) is 11.7 Å². The normalized spacial score (nSPS) is 15.2. The molecule has 0 unspecified atom stereocenters. The molecule has 0 amide bonds. The van der Waals surface area contributed by atoms with E-state index in [1.54, 1.807) is 42.5 Å². The molecule has 1 saturated carbocycles. The average molecular weight is 319 g/mol. The minimum Gasteiger partial charge on any atom is -0.207 e. The number of hydrogen-bond donors (Lipinski definition) is 0. The Balaban J connectivity index is 1.87. The molecule has 116 valence electrons. The molecule has 1 aliphatic rings. The predicted octanol–water partition coefficient (Wildman–Crippen LogP) is 3.43. The van der Waals surface area contributed by atoms with E-state index in [2.05, 4.69) is 0 Å². The molecule has 3 nitrogen and oxygen atoms in total. The third kappa shape index (κ3) is 3.54. The van der Waals surface area contributed by atoms with Gasteiger partial charge in [-0.1, -0.05) is 30.3 Å². The second-order valence-corrected chi connectivity index (χ2v) is 7.62. The van der Waals surface area contributed by atoms with Crippen molar-refractivity contribution < 1.29 is 12.8 Å². The van der Waals surface area contributed by atoms with Gasteiger partial charge in [-0.25, -0.2) is 12.8 Å². The van der Waals surface area contributed by atoms with Gasteiger partial charge in [0.1, 0.15) is 5.82 Å². The molecule has 0 aliphatic heterocycles. The minimum absolute atomic E-state index is 0.272. The van der Waals surface area contributed by atoms with Crippen molar-refractivity contribution in [3.05, 3.63) is 66.0 Å². The van der Waals surface area contributed by atoms with Gasteiger partial charge in [-0.2, -0.15) is 4.31 Å². The summed E-state index contributed by atoms with van der Waals surface area (Å²) in [6, 6.07) is 14.5. The first-order valence-electron chi connectivity index (χ1n) is 7.35. The zero-order chi connectivity index (χ0) is 15.6. The first-order chi connectivity index (χ1) is 10.6. The average Bonchev–Trinajstić information content (AvgIpc) is 3.34. The molecule has 0 atom stereocenters. The summed E-state index contributed by atoms with van der Waals surface area (Å²) >= 11 is 0. The number of sulfonamides is 1. The van der Waals surface area contributed by atoms with Gasteiger partial charge in [0.2, 0.25) is 10.0 Å². The Morgan fingerprint density at radius 2 is 1.64 bits per heavy atom. The molecule has 0 saturated heterocycles. The summed E-state index contributed by atoms with van der Waals surface area (Å²) in [5, 5.41) is 0. The lowest BCUT2D eigenvalue weighted by molar-refractivity contribution is 0.391. The van der Waals surface area contributed by atoms with E-state index in [-0.39, 0.29) is 12.4 Å². The van der Waals surface area contributed by atoms with E-state index in [9.17, 15) is 12.8 Å². The molecule has 0 spiro atoms. The van der Waals surface area contributed by atoms with E-state index in [0.29, 0.717) is 17.4 Å². The summed E-state index contributed by atoms with van der Waals surface area (Å²) in [5.74, 6) is 0.127. The van der Waals surface area contributed by atoms with Crippen LogP contribution in [0.2, 0.25) is 0 Å². The molecule has 5 heteroatoms. The largest absolute Gasteiger partial charge is 0.243 e. The molecule has 0 heterocycles. The summed E-state index contributed by atoms with van der Waals surface area (Å²) in [6.45, 7) is 0.794. The van der Waals surface area contributed by atoms with E-state index >= 15 is 0 Å². The molecule has 22 heavy (non-hydrogen) atoms. The minimum atomic E-state index is -3.52. The van der Waals surface area contributed by atoms with Crippen LogP contribution in [-0.2, 0) is 16.6 Å². The zero-order valence-electron chi connectivity index (χ0n) is 12.2. The van der Waals surface area contributed by atoms with Crippen molar-refractivity contribution in [2.45, 2.75) is 24.3 Å². The Bertz CT molecular complexity index is 725. The van der Waals surface area contributed by atoms with E-state index in [1.165, 1.54) is 16.4 Å². The molecule has 0 aromatic heterocycles. The van der Waals surface area contributed by atoms with Crippen molar-refractivity contribution in [3.8, 4) is 0 Å². The second kappa shape index (κ2) is 6.18. The van der Waals surface area contributed by atoms with Crippen LogP contribution in [0.25, 0.3) is 0 Å². The van der Waals surface area contributed by atoms with E-state index in [1.807, 2.05) is 0 Å². The molecular weight excluding hydrogens is 301 g/mol. The van der Waals surface area contributed by atoms with Gasteiger partial charge < -0.3 is 0 Å². The standard InChI is InChI=1S/C17H18FNO2S/c18-16-10-8-15(9-11-16)13-19(12-14-6-7-14)22(20,21)17-4-2-1-3-5-17/h1-5,8-11,14H,6-7,12-13H2. The molecule has 2 aromatic rings. The maximum atomic E-state index is 13.0. The highest BCUT2D eigenvalue weighted by molar-refractivity contribution is 7.89. The molecular formula is C17H18FNO2S. The maximum Gasteiger partial charge on any atom is 0.243 e. The van der Waals surface area contributed by atoms with E-state index in [4.69, 9.17) is 0 Å². The lowest BCUT2D eigenvalue weighted by Gasteiger charge is -2.22. The number of benzene rings is 2. The van der Waals surface area contributed by atoms with Gasteiger partial charge in [0, 0.05) is 13.1 Å². The Morgan fingerprint density at radius 3 is 2.23 bits per heavy atom. The van der Waals surface area contributed by atoms with Crippen LogP contribution in [0.15, 0.2) is 59.5 Å². The fourth-order valence-electron chi connectivity index (χ4n) is 2.37. The quantitative estimate of drug-likeness (QED) is 0.818.